The highest BCUT2D eigenvalue weighted by atomic mass is 35.5. The molecule has 0 N–H and O–H groups in total. The average molecular weight is 151 g/mol. The van der Waals surface area contributed by atoms with E-state index in [0.29, 0.717) is 4.75 Å². The highest BCUT2D eigenvalue weighted by molar-refractivity contribution is 8.03. The Bertz CT molecular complexity index is 81.0. The molecular weight excluding hydrogens is 140 g/mol. The van der Waals surface area contributed by atoms with Gasteiger partial charge in [0.1, 0.15) is 0 Å². The van der Waals surface area contributed by atoms with Crippen LogP contribution in [-0.2, 0) is 0 Å². The fourth-order valence-corrected chi connectivity index (χ4v) is 0.844. The third-order valence-corrected chi connectivity index (χ3v) is 1.73. The molecule has 0 aromatic carbocycles. The van der Waals surface area contributed by atoms with Crippen LogP contribution < -0.4 is 0 Å². The Labute approximate surface area is 60.3 Å². The Morgan fingerprint density at radius 1 is 1.38 bits per heavy atom. The summed E-state index contributed by atoms with van der Waals surface area (Å²) < 4.78 is 0.297. The van der Waals surface area contributed by atoms with Gasteiger partial charge < -0.3 is 0 Å². The smallest absolute Gasteiger partial charge is 0.0117 e. The summed E-state index contributed by atoms with van der Waals surface area (Å²) in [4.78, 5) is 0. The van der Waals surface area contributed by atoms with Gasteiger partial charge in [-0.15, -0.1) is 11.8 Å². The normalized spacial score (nSPS) is 13.0. The maximum atomic E-state index is 5.31. The lowest BCUT2D eigenvalue weighted by atomic mass is 10.3. The molecule has 0 radical (unpaired) electrons. The molecule has 0 rings (SSSR count). The van der Waals surface area contributed by atoms with Crippen molar-refractivity contribution in [3.63, 3.8) is 0 Å². The SMILES string of the molecule is CC(C)(C)S/C=C/Cl. The van der Waals surface area contributed by atoms with Crippen molar-refractivity contribution in [2.24, 2.45) is 0 Å². The van der Waals surface area contributed by atoms with Gasteiger partial charge in [-0.3, -0.25) is 0 Å². The lowest BCUT2D eigenvalue weighted by Gasteiger charge is -2.12. The quantitative estimate of drug-likeness (QED) is 0.553. The Balaban J connectivity index is 3.39. The molecule has 0 bridgehead atoms. The van der Waals surface area contributed by atoms with Gasteiger partial charge in [-0.1, -0.05) is 32.4 Å². The number of hydrogen-bond donors (Lipinski definition) is 0. The van der Waals surface area contributed by atoms with Gasteiger partial charge >= 0.3 is 0 Å². The van der Waals surface area contributed by atoms with E-state index in [-0.39, 0.29) is 0 Å². The molecule has 0 aliphatic carbocycles. The van der Waals surface area contributed by atoms with Crippen LogP contribution in [0.2, 0.25) is 0 Å². The molecule has 0 fully saturated rings. The van der Waals surface area contributed by atoms with E-state index >= 15 is 0 Å². The Morgan fingerprint density at radius 3 is 2.00 bits per heavy atom. The summed E-state index contributed by atoms with van der Waals surface area (Å²) in [6.07, 6.45) is 0. The first kappa shape index (κ1) is 8.38. The molecule has 0 aromatic heterocycles. The van der Waals surface area contributed by atoms with Gasteiger partial charge in [-0.05, 0) is 5.41 Å². The van der Waals surface area contributed by atoms with Crippen molar-refractivity contribution in [3.8, 4) is 0 Å². The van der Waals surface area contributed by atoms with Crippen molar-refractivity contribution in [2.75, 3.05) is 0 Å². The first-order valence-electron chi connectivity index (χ1n) is 2.49. The van der Waals surface area contributed by atoms with Gasteiger partial charge in [0.05, 0.1) is 0 Å². The van der Waals surface area contributed by atoms with Crippen LogP contribution in [-0.4, -0.2) is 4.75 Å². The molecule has 0 spiro atoms. The number of halogens is 1. The zero-order chi connectivity index (χ0) is 6.62. The molecule has 0 atom stereocenters. The fourth-order valence-electron chi connectivity index (χ4n) is 0.230. The third kappa shape index (κ3) is 6.38. The first-order valence-corrected chi connectivity index (χ1v) is 3.81. The topological polar surface area (TPSA) is 0 Å². The highest BCUT2D eigenvalue weighted by Crippen LogP contribution is 2.23. The Kier molecular flexibility index (Phi) is 3.58. The second-order valence-corrected chi connectivity index (χ2v) is 4.48. The van der Waals surface area contributed by atoms with Crippen molar-refractivity contribution in [2.45, 2.75) is 25.5 Å². The predicted molar refractivity (Wildman–Crippen MR) is 42.3 cm³/mol. The van der Waals surface area contributed by atoms with E-state index in [0.717, 1.165) is 0 Å². The molecule has 0 nitrogen and oxygen atoms in total. The van der Waals surface area contributed by atoms with E-state index in [1.54, 1.807) is 11.8 Å². The van der Waals surface area contributed by atoms with E-state index < -0.39 is 0 Å². The number of hydrogen-bond acceptors (Lipinski definition) is 1. The lowest BCUT2D eigenvalue weighted by Crippen LogP contribution is -2.04. The largest absolute Gasteiger partial charge is 0.127 e. The molecule has 8 heavy (non-hydrogen) atoms. The van der Waals surface area contributed by atoms with Gasteiger partial charge in [-0.25, -0.2) is 0 Å². The summed E-state index contributed by atoms with van der Waals surface area (Å²) in [6, 6.07) is 0. The van der Waals surface area contributed by atoms with Gasteiger partial charge in [0.25, 0.3) is 0 Å². The maximum absolute atomic E-state index is 5.31. The van der Waals surface area contributed by atoms with Gasteiger partial charge in [0, 0.05) is 10.3 Å². The molecule has 0 saturated carbocycles. The molecule has 0 saturated heterocycles. The average Bonchev–Trinajstić information content (AvgIpc) is 1.59. The second-order valence-electron chi connectivity index (χ2n) is 2.49. The molecule has 0 aliphatic rings. The molecule has 0 unspecified atom stereocenters. The van der Waals surface area contributed by atoms with Crippen LogP contribution in [0, 0.1) is 0 Å². The fraction of sp³-hybridized carbons (Fsp3) is 0.667. The molecule has 2 heteroatoms. The van der Waals surface area contributed by atoms with Crippen LogP contribution in [0.5, 0.6) is 0 Å². The minimum absolute atomic E-state index is 0.297. The molecule has 0 aromatic rings. The van der Waals surface area contributed by atoms with Crippen LogP contribution in [0.25, 0.3) is 0 Å². The lowest BCUT2D eigenvalue weighted by molar-refractivity contribution is 0.808. The third-order valence-electron chi connectivity index (χ3n) is 0.473. The van der Waals surface area contributed by atoms with Crippen LogP contribution in [0.3, 0.4) is 0 Å². The minimum Gasteiger partial charge on any atom is -0.127 e. The van der Waals surface area contributed by atoms with Gasteiger partial charge in [0.2, 0.25) is 0 Å². The second kappa shape index (κ2) is 3.41. The summed E-state index contributed by atoms with van der Waals surface area (Å²) in [7, 11) is 0. The van der Waals surface area contributed by atoms with Crippen molar-refractivity contribution < 1.29 is 0 Å². The van der Waals surface area contributed by atoms with E-state index in [9.17, 15) is 0 Å². The standard InChI is InChI=1S/C6H11ClS/c1-6(2,3)8-5-4-7/h4-5H,1-3H3/b5-4+. The number of thioether (sulfide) groups is 1. The molecule has 0 heterocycles. The molecular formula is C6H11ClS. The first-order chi connectivity index (χ1) is 3.56. The summed E-state index contributed by atoms with van der Waals surface area (Å²) >= 11 is 7.03. The zero-order valence-corrected chi connectivity index (χ0v) is 7.01. The highest BCUT2D eigenvalue weighted by Gasteiger charge is 2.06. The van der Waals surface area contributed by atoms with E-state index in [1.807, 2.05) is 5.41 Å². The van der Waals surface area contributed by atoms with Gasteiger partial charge in [0.15, 0.2) is 0 Å². The van der Waals surface area contributed by atoms with Crippen LogP contribution in [0.4, 0.5) is 0 Å². The summed E-state index contributed by atoms with van der Waals surface area (Å²) in [6.45, 7) is 6.44. The summed E-state index contributed by atoms with van der Waals surface area (Å²) in [5, 5.41) is 1.89. The van der Waals surface area contributed by atoms with Crippen molar-refractivity contribution in [1.29, 1.82) is 0 Å². The Morgan fingerprint density at radius 2 is 1.88 bits per heavy atom. The van der Waals surface area contributed by atoms with Crippen molar-refractivity contribution in [1.82, 2.24) is 0 Å². The monoisotopic (exact) mass is 150 g/mol. The maximum Gasteiger partial charge on any atom is 0.0117 e. The van der Waals surface area contributed by atoms with E-state index in [4.69, 9.17) is 11.6 Å². The summed E-state index contributed by atoms with van der Waals surface area (Å²) in [5.74, 6) is 0. The zero-order valence-electron chi connectivity index (χ0n) is 5.44. The van der Waals surface area contributed by atoms with Crippen LogP contribution in [0.15, 0.2) is 10.9 Å². The molecule has 0 aliphatic heterocycles. The van der Waals surface area contributed by atoms with Gasteiger partial charge in [-0.2, -0.15) is 0 Å². The van der Waals surface area contributed by atoms with E-state index in [2.05, 4.69) is 20.8 Å². The number of rotatable bonds is 1. The van der Waals surface area contributed by atoms with E-state index in [1.165, 1.54) is 5.54 Å². The molecule has 48 valence electrons. The van der Waals surface area contributed by atoms with Crippen LogP contribution >= 0.6 is 23.4 Å². The Hall–Kier alpha value is 0.380. The predicted octanol–water partition coefficient (Wildman–Crippen LogP) is 3.23. The summed E-state index contributed by atoms with van der Waals surface area (Å²) in [5.41, 5.74) is 1.54. The van der Waals surface area contributed by atoms with Crippen molar-refractivity contribution >= 4 is 23.4 Å². The minimum atomic E-state index is 0.297. The molecule has 0 amide bonds. The van der Waals surface area contributed by atoms with Crippen LogP contribution in [0.1, 0.15) is 20.8 Å². The van der Waals surface area contributed by atoms with Crippen molar-refractivity contribution in [3.05, 3.63) is 10.9 Å².